The normalized spacial score (nSPS) is 18.2. The van der Waals surface area contributed by atoms with E-state index < -0.39 is 5.60 Å². The number of likely N-dealkylation sites (tertiary alicyclic amines) is 1. The predicted molar refractivity (Wildman–Crippen MR) is 88.6 cm³/mol. The Hall–Kier alpha value is -2.30. The summed E-state index contributed by atoms with van der Waals surface area (Å²) in [5.41, 5.74) is 0.376. The Balaban J connectivity index is 1.67. The first-order valence-corrected chi connectivity index (χ1v) is 7.91. The first kappa shape index (κ1) is 15.6. The molecule has 1 atom stereocenters. The van der Waals surface area contributed by atoms with Crippen LogP contribution in [0, 0.1) is 0 Å². The number of fused-ring (bicyclic) bond motifs is 1. The third kappa shape index (κ3) is 3.73. The first-order chi connectivity index (χ1) is 10.9. The molecule has 1 fully saturated rings. The number of amides is 1. The second-order valence-electron chi connectivity index (χ2n) is 6.79. The highest BCUT2D eigenvalue weighted by Crippen LogP contribution is 2.26. The summed E-state index contributed by atoms with van der Waals surface area (Å²) in [6.07, 6.45) is 2.24. The number of carbonyl (C=O) groups is 1. The van der Waals surface area contributed by atoms with E-state index in [0.29, 0.717) is 13.1 Å². The van der Waals surface area contributed by atoms with E-state index in [0.717, 1.165) is 23.1 Å². The van der Waals surface area contributed by atoms with Crippen LogP contribution in [0.2, 0.25) is 0 Å². The molecule has 1 amide bonds. The van der Waals surface area contributed by atoms with Crippen molar-refractivity contribution < 1.29 is 14.3 Å². The smallest absolute Gasteiger partial charge is 0.410 e. The number of pyridine rings is 1. The summed E-state index contributed by atoms with van der Waals surface area (Å²) in [7, 11) is 0. The minimum Gasteiger partial charge on any atom is -0.486 e. The van der Waals surface area contributed by atoms with Gasteiger partial charge in [-0.1, -0.05) is 18.2 Å². The maximum absolute atomic E-state index is 12.1. The molecule has 0 saturated carbocycles. The number of benzene rings is 1. The van der Waals surface area contributed by atoms with Crippen LogP contribution >= 0.6 is 0 Å². The second kappa shape index (κ2) is 6.07. The topological polar surface area (TPSA) is 51.7 Å². The van der Waals surface area contributed by atoms with Gasteiger partial charge in [0.1, 0.15) is 23.0 Å². The van der Waals surface area contributed by atoms with Crippen molar-refractivity contribution in [2.75, 3.05) is 13.1 Å². The van der Waals surface area contributed by atoms with Gasteiger partial charge in [0.15, 0.2) is 0 Å². The molecule has 1 aromatic carbocycles. The van der Waals surface area contributed by atoms with Crippen molar-refractivity contribution in [3.63, 3.8) is 0 Å². The van der Waals surface area contributed by atoms with Crippen molar-refractivity contribution >= 4 is 17.0 Å². The minimum absolute atomic E-state index is 0.0323. The molecule has 0 spiro atoms. The summed E-state index contributed by atoms with van der Waals surface area (Å²) >= 11 is 0. The van der Waals surface area contributed by atoms with Crippen LogP contribution in [0.5, 0.6) is 5.75 Å². The van der Waals surface area contributed by atoms with Crippen molar-refractivity contribution in [3.8, 4) is 5.75 Å². The molecule has 1 aliphatic rings. The number of ether oxygens (including phenoxy) is 2. The summed E-state index contributed by atoms with van der Waals surface area (Å²) in [5.74, 6) is 0.763. The zero-order valence-electron chi connectivity index (χ0n) is 13.8. The minimum atomic E-state index is -0.477. The molecule has 2 aromatic rings. The predicted octanol–water partition coefficient (Wildman–Crippen LogP) is 3.62. The lowest BCUT2D eigenvalue weighted by Crippen LogP contribution is -2.36. The van der Waals surface area contributed by atoms with E-state index in [-0.39, 0.29) is 12.2 Å². The van der Waals surface area contributed by atoms with Gasteiger partial charge in [0.05, 0.1) is 6.54 Å². The van der Waals surface area contributed by atoms with Gasteiger partial charge in [-0.15, -0.1) is 0 Å². The van der Waals surface area contributed by atoms with E-state index in [4.69, 9.17) is 9.47 Å². The van der Waals surface area contributed by atoms with Gasteiger partial charge < -0.3 is 14.4 Å². The lowest BCUT2D eigenvalue weighted by Gasteiger charge is -2.24. The van der Waals surface area contributed by atoms with Gasteiger partial charge in [0.25, 0.3) is 0 Å². The lowest BCUT2D eigenvalue weighted by atomic mass is 10.2. The number of hydrogen-bond acceptors (Lipinski definition) is 4. The molecule has 0 bridgehead atoms. The fourth-order valence-electron chi connectivity index (χ4n) is 2.67. The summed E-state index contributed by atoms with van der Waals surface area (Å²) < 4.78 is 11.5. The Morgan fingerprint density at radius 1 is 1.26 bits per heavy atom. The van der Waals surface area contributed by atoms with E-state index in [1.807, 2.05) is 51.1 Å². The van der Waals surface area contributed by atoms with Crippen LogP contribution in [0.3, 0.4) is 0 Å². The van der Waals surface area contributed by atoms with Crippen LogP contribution in [0.15, 0.2) is 36.5 Å². The maximum Gasteiger partial charge on any atom is 0.410 e. The van der Waals surface area contributed by atoms with E-state index in [1.54, 1.807) is 11.1 Å². The van der Waals surface area contributed by atoms with E-state index in [9.17, 15) is 4.79 Å². The Morgan fingerprint density at radius 2 is 2.04 bits per heavy atom. The average Bonchev–Trinajstić information content (AvgIpc) is 2.95. The average molecular weight is 314 g/mol. The van der Waals surface area contributed by atoms with Gasteiger partial charge in [0, 0.05) is 24.5 Å². The largest absolute Gasteiger partial charge is 0.486 e. The van der Waals surface area contributed by atoms with Gasteiger partial charge in [0.2, 0.25) is 0 Å². The fourth-order valence-corrected chi connectivity index (χ4v) is 2.67. The van der Waals surface area contributed by atoms with Gasteiger partial charge in [-0.25, -0.2) is 4.79 Å². The summed E-state index contributed by atoms with van der Waals surface area (Å²) in [6, 6.07) is 9.81. The van der Waals surface area contributed by atoms with Crippen molar-refractivity contribution in [3.05, 3.63) is 36.5 Å². The van der Waals surface area contributed by atoms with Gasteiger partial charge in [-0.3, -0.25) is 4.98 Å². The van der Waals surface area contributed by atoms with Gasteiger partial charge in [-0.2, -0.15) is 0 Å². The monoisotopic (exact) mass is 314 g/mol. The summed E-state index contributed by atoms with van der Waals surface area (Å²) in [4.78, 5) is 18.2. The number of hydrogen-bond donors (Lipinski definition) is 0. The lowest BCUT2D eigenvalue weighted by molar-refractivity contribution is 0.0276. The number of rotatable bonds is 2. The van der Waals surface area contributed by atoms with Crippen LogP contribution in [0.25, 0.3) is 10.9 Å². The first-order valence-electron chi connectivity index (χ1n) is 7.91. The highest BCUT2D eigenvalue weighted by Gasteiger charge is 2.31. The molecule has 3 rings (SSSR count). The number of nitrogens with zero attached hydrogens (tertiary/aromatic N) is 2. The maximum atomic E-state index is 12.1. The molecule has 122 valence electrons. The number of para-hydroxylation sites is 1. The van der Waals surface area contributed by atoms with E-state index in [1.165, 1.54) is 0 Å². The molecule has 5 heteroatoms. The fraction of sp³-hybridized carbons (Fsp3) is 0.444. The Labute approximate surface area is 136 Å². The van der Waals surface area contributed by atoms with Crippen LogP contribution in [-0.4, -0.2) is 40.8 Å². The molecule has 23 heavy (non-hydrogen) atoms. The number of carbonyl (C=O) groups excluding carboxylic acids is 1. The highest BCUT2D eigenvalue weighted by atomic mass is 16.6. The second-order valence-corrected chi connectivity index (χ2v) is 6.79. The molecule has 0 radical (unpaired) electrons. The molecule has 2 heterocycles. The van der Waals surface area contributed by atoms with Crippen molar-refractivity contribution in [2.45, 2.75) is 38.9 Å². The molecule has 1 unspecified atom stereocenters. The highest BCUT2D eigenvalue weighted by molar-refractivity contribution is 5.84. The van der Waals surface area contributed by atoms with Crippen LogP contribution in [-0.2, 0) is 4.74 Å². The molecule has 0 aliphatic carbocycles. The zero-order valence-corrected chi connectivity index (χ0v) is 13.8. The van der Waals surface area contributed by atoms with Gasteiger partial charge >= 0.3 is 6.09 Å². The quantitative estimate of drug-likeness (QED) is 0.849. The van der Waals surface area contributed by atoms with Crippen molar-refractivity contribution in [1.29, 1.82) is 0 Å². The van der Waals surface area contributed by atoms with Crippen LogP contribution in [0.1, 0.15) is 27.2 Å². The van der Waals surface area contributed by atoms with Crippen LogP contribution in [0.4, 0.5) is 4.79 Å². The third-order valence-electron chi connectivity index (χ3n) is 3.69. The standard InChI is InChI=1S/C18H22N2O3/c1-18(2,3)23-17(21)20-11-9-14(12-20)22-15-8-4-6-13-7-5-10-19-16(13)15/h4-8,10,14H,9,11-12H2,1-3H3. The molecule has 1 aliphatic heterocycles. The Kier molecular flexibility index (Phi) is 4.11. The van der Waals surface area contributed by atoms with Crippen molar-refractivity contribution in [2.24, 2.45) is 0 Å². The summed E-state index contributed by atoms with van der Waals surface area (Å²) in [6.45, 7) is 6.81. The van der Waals surface area contributed by atoms with Crippen molar-refractivity contribution in [1.82, 2.24) is 9.88 Å². The van der Waals surface area contributed by atoms with Gasteiger partial charge in [-0.05, 0) is 32.9 Å². The van der Waals surface area contributed by atoms with E-state index in [2.05, 4.69) is 4.98 Å². The summed E-state index contributed by atoms with van der Waals surface area (Å²) in [5, 5.41) is 1.05. The third-order valence-corrected chi connectivity index (χ3v) is 3.69. The molecule has 1 saturated heterocycles. The molecular weight excluding hydrogens is 292 g/mol. The molecule has 0 N–H and O–H groups in total. The molecule has 5 nitrogen and oxygen atoms in total. The molecule has 1 aromatic heterocycles. The van der Waals surface area contributed by atoms with Crippen LogP contribution < -0.4 is 4.74 Å². The van der Waals surface area contributed by atoms with E-state index >= 15 is 0 Å². The Morgan fingerprint density at radius 3 is 2.83 bits per heavy atom. The Bertz CT molecular complexity index is 703. The SMILES string of the molecule is CC(C)(C)OC(=O)N1CCC(Oc2cccc3cccnc23)C1. The zero-order chi connectivity index (χ0) is 16.4. The number of aromatic nitrogens is 1. The molecular formula is C18H22N2O3.